The van der Waals surface area contributed by atoms with Gasteiger partial charge >= 0.3 is 11.9 Å². The highest BCUT2D eigenvalue weighted by atomic mass is 35.5. The van der Waals surface area contributed by atoms with Crippen LogP contribution < -0.4 is 10.6 Å². The van der Waals surface area contributed by atoms with Gasteiger partial charge in [-0.25, -0.2) is 4.79 Å². The van der Waals surface area contributed by atoms with Gasteiger partial charge in [-0.1, -0.05) is 49.2 Å². The van der Waals surface area contributed by atoms with Crippen LogP contribution in [0.2, 0.25) is 10.0 Å². The van der Waals surface area contributed by atoms with E-state index in [0.717, 1.165) is 0 Å². The number of anilines is 1. The van der Waals surface area contributed by atoms with Gasteiger partial charge in [-0.15, -0.1) is 0 Å². The van der Waals surface area contributed by atoms with Crippen molar-refractivity contribution in [2.75, 3.05) is 5.32 Å². The lowest BCUT2D eigenvalue weighted by Crippen LogP contribution is -2.49. The first-order valence-corrected chi connectivity index (χ1v) is 12.3. The van der Waals surface area contributed by atoms with Crippen molar-refractivity contribution >= 4 is 52.6 Å². The molecule has 1 fully saturated rings. The van der Waals surface area contributed by atoms with Gasteiger partial charge < -0.3 is 26.0 Å². The Balaban J connectivity index is 1.78. The predicted octanol–water partition coefficient (Wildman–Crippen LogP) is 4.59. The average molecular weight is 551 g/mol. The summed E-state index contributed by atoms with van der Waals surface area (Å²) in [4.78, 5) is 49.6. The molecule has 0 unspecified atom stereocenters. The van der Waals surface area contributed by atoms with Gasteiger partial charge in [-0.2, -0.15) is 0 Å². The van der Waals surface area contributed by atoms with Gasteiger partial charge in [-0.3, -0.25) is 14.4 Å². The van der Waals surface area contributed by atoms with Crippen LogP contribution in [0.15, 0.2) is 36.4 Å². The predicted molar refractivity (Wildman–Crippen MR) is 138 cm³/mol. The van der Waals surface area contributed by atoms with Crippen LogP contribution in [0.1, 0.15) is 49.5 Å². The Hall–Kier alpha value is -3.30. The lowest BCUT2D eigenvalue weighted by molar-refractivity contribution is -0.155. The number of carbonyl (C=O) groups excluding carboxylic acids is 2. The fourth-order valence-corrected chi connectivity index (χ4v) is 5.33. The fraction of sp³-hybridized carbons (Fsp3) is 0.385. The number of carbonyl (C=O) groups is 4. The summed E-state index contributed by atoms with van der Waals surface area (Å²) in [5, 5.41) is 35.0. The standard InChI is InChI=1S/C26H28Cl2N2O7/c1-25(2)14(9-10-26(25,3)24(36)37)21(32)30-18(23(34)35)12-13-7-8-19(31)17(11-13)29-22(33)20-15(27)5-4-6-16(20)28/h4-8,11,14,18,31H,9-10,12H2,1-3H3,(H,29,33)(H,30,32)(H,34,35)(H,36,37)/t14-,18+,26+/m1/s1. The van der Waals surface area contributed by atoms with Gasteiger partial charge in [0.1, 0.15) is 11.8 Å². The molecule has 2 amide bonds. The zero-order valence-electron chi connectivity index (χ0n) is 20.5. The van der Waals surface area contributed by atoms with Gasteiger partial charge in [0.25, 0.3) is 5.91 Å². The highest BCUT2D eigenvalue weighted by Crippen LogP contribution is 2.56. The smallest absolute Gasteiger partial charge is 0.326 e. The second kappa shape index (κ2) is 10.6. The van der Waals surface area contributed by atoms with E-state index in [2.05, 4.69) is 10.6 Å². The summed E-state index contributed by atoms with van der Waals surface area (Å²) in [6.07, 6.45) is 0.454. The van der Waals surface area contributed by atoms with Crippen LogP contribution in [-0.2, 0) is 20.8 Å². The normalized spacial score (nSPS) is 21.2. The SMILES string of the molecule is CC1(C)[C@@H](C(=O)N[C@@H](Cc2ccc(O)c(NC(=O)c3c(Cl)cccc3Cl)c2)C(=O)O)CC[C@@]1(C)C(=O)O. The van der Waals surface area contributed by atoms with Crippen LogP contribution in [0.5, 0.6) is 5.75 Å². The van der Waals surface area contributed by atoms with E-state index in [0.29, 0.717) is 18.4 Å². The van der Waals surface area contributed by atoms with Crippen molar-refractivity contribution in [3.63, 3.8) is 0 Å². The molecule has 198 valence electrons. The molecule has 0 bridgehead atoms. The minimum Gasteiger partial charge on any atom is -0.506 e. The van der Waals surface area contributed by atoms with Crippen LogP contribution in [0.25, 0.3) is 0 Å². The summed E-state index contributed by atoms with van der Waals surface area (Å²) in [7, 11) is 0. The molecule has 0 aliphatic heterocycles. The quantitative estimate of drug-likeness (QED) is 0.301. The average Bonchev–Trinajstić information content (AvgIpc) is 3.05. The van der Waals surface area contributed by atoms with Crippen molar-refractivity contribution in [2.45, 2.75) is 46.1 Å². The van der Waals surface area contributed by atoms with E-state index in [9.17, 15) is 34.5 Å². The van der Waals surface area contributed by atoms with Crippen molar-refractivity contribution in [3.8, 4) is 5.75 Å². The number of hydrogen-bond donors (Lipinski definition) is 5. The second-order valence-corrected chi connectivity index (χ2v) is 10.8. The van der Waals surface area contributed by atoms with Gasteiger partial charge in [0.15, 0.2) is 0 Å². The second-order valence-electron chi connectivity index (χ2n) is 9.96. The van der Waals surface area contributed by atoms with E-state index in [-0.39, 0.29) is 33.5 Å². The summed E-state index contributed by atoms with van der Waals surface area (Å²) >= 11 is 12.2. The molecular weight excluding hydrogens is 523 g/mol. The number of phenols is 1. The Morgan fingerprint density at radius 3 is 2.22 bits per heavy atom. The van der Waals surface area contributed by atoms with Crippen molar-refractivity contribution in [3.05, 3.63) is 57.6 Å². The highest BCUT2D eigenvalue weighted by molar-refractivity contribution is 6.40. The van der Waals surface area contributed by atoms with Crippen LogP contribution in [-0.4, -0.2) is 45.1 Å². The van der Waals surface area contributed by atoms with E-state index in [1.54, 1.807) is 26.8 Å². The monoisotopic (exact) mass is 550 g/mol. The maximum Gasteiger partial charge on any atom is 0.326 e. The van der Waals surface area contributed by atoms with Crippen molar-refractivity contribution in [1.82, 2.24) is 5.32 Å². The van der Waals surface area contributed by atoms with Crippen LogP contribution >= 0.6 is 23.2 Å². The molecule has 0 saturated heterocycles. The molecule has 1 aliphatic carbocycles. The van der Waals surface area contributed by atoms with Gasteiger partial charge in [0, 0.05) is 12.3 Å². The number of amides is 2. The molecule has 2 aromatic rings. The van der Waals surface area contributed by atoms with Crippen molar-refractivity contribution in [2.24, 2.45) is 16.7 Å². The summed E-state index contributed by atoms with van der Waals surface area (Å²) in [6, 6.07) is 7.38. The minimum atomic E-state index is -1.33. The molecule has 0 aromatic heterocycles. The summed E-state index contributed by atoms with van der Waals surface area (Å²) in [5.41, 5.74) is -1.60. The lowest BCUT2D eigenvalue weighted by Gasteiger charge is -2.38. The topological polar surface area (TPSA) is 153 Å². The van der Waals surface area contributed by atoms with Gasteiger partial charge in [-0.05, 0) is 55.0 Å². The molecule has 5 N–H and O–H groups in total. The number of hydrogen-bond acceptors (Lipinski definition) is 5. The molecule has 1 aliphatic rings. The molecule has 0 heterocycles. The Labute approximate surface area is 223 Å². The molecule has 37 heavy (non-hydrogen) atoms. The number of carboxylic acids is 2. The number of benzene rings is 2. The lowest BCUT2D eigenvalue weighted by atomic mass is 9.65. The zero-order valence-corrected chi connectivity index (χ0v) is 22.0. The first-order chi connectivity index (χ1) is 17.2. The number of phenolic OH excluding ortho intramolecular Hbond substituents is 1. The maximum atomic E-state index is 13.1. The number of rotatable bonds is 8. The summed E-state index contributed by atoms with van der Waals surface area (Å²) < 4.78 is 0. The van der Waals surface area contributed by atoms with E-state index in [1.807, 2.05) is 0 Å². The molecule has 1 saturated carbocycles. The number of nitrogens with one attached hydrogen (secondary N) is 2. The number of aliphatic carboxylic acids is 2. The van der Waals surface area contributed by atoms with Crippen molar-refractivity contribution in [1.29, 1.82) is 0 Å². The third-order valence-electron chi connectivity index (χ3n) is 7.57. The first kappa shape index (κ1) is 28.3. The van der Waals surface area contributed by atoms with Crippen LogP contribution in [0.4, 0.5) is 5.69 Å². The third kappa shape index (κ3) is 5.52. The molecule has 2 aromatic carbocycles. The molecule has 0 radical (unpaired) electrons. The largest absolute Gasteiger partial charge is 0.506 e. The van der Waals surface area contributed by atoms with E-state index in [4.69, 9.17) is 23.2 Å². The molecule has 11 heteroatoms. The van der Waals surface area contributed by atoms with E-state index in [1.165, 1.54) is 30.3 Å². The van der Waals surface area contributed by atoms with Gasteiger partial charge in [0.2, 0.25) is 5.91 Å². The number of halogens is 2. The van der Waals surface area contributed by atoms with Crippen molar-refractivity contribution < 1.29 is 34.5 Å². The summed E-state index contributed by atoms with van der Waals surface area (Å²) in [6.45, 7) is 5.00. The molecule has 9 nitrogen and oxygen atoms in total. The Bertz CT molecular complexity index is 1240. The van der Waals surface area contributed by atoms with Gasteiger partial charge in [0.05, 0.1) is 26.7 Å². The molecule has 3 rings (SSSR count). The van der Waals surface area contributed by atoms with Crippen LogP contribution in [0, 0.1) is 16.7 Å². The molecule has 3 atom stereocenters. The minimum absolute atomic E-state index is 0.00287. The first-order valence-electron chi connectivity index (χ1n) is 11.5. The summed E-state index contributed by atoms with van der Waals surface area (Å²) in [5.74, 6) is -4.45. The Morgan fingerprint density at radius 1 is 1.05 bits per heavy atom. The Kier molecular flexibility index (Phi) is 8.09. The third-order valence-corrected chi connectivity index (χ3v) is 8.20. The number of aromatic hydroxyl groups is 1. The van der Waals surface area contributed by atoms with Crippen LogP contribution in [0.3, 0.4) is 0 Å². The highest BCUT2D eigenvalue weighted by Gasteiger charge is 2.58. The fourth-order valence-electron chi connectivity index (χ4n) is 4.76. The van der Waals surface area contributed by atoms with E-state index < -0.39 is 46.5 Å². The zero-order chi connectivity index (χ0) is 27.7. The maximum absolute atomic E-state index is 13.1. The number of carboxylic acid groups (broad SMARTS) is 2. The van der Waals surface area contributed by atoms with E-state index >= 15 is 0 Å². The molecular formula is C26H28Cl2N2O7. The molecule has 0 spiro atoms. The Morgan fingerprint density at radius 2 is 1.68 bits per heavy atom.